The lowest BCUT2D eigenvalue weighted by atomic mass is 9.49. The first kappa shape index (κ1) is 18.9. The fraction of sp³-hybridized carbons (Fsp3) is 0.857. The van der Waals surface area contributed by atoms with Crippen molar-refractivity contribution in [1.29, 1.82) is 0 Å². The van der Waals surface area contributed by atoms with Crippen LogP contribution in [0.1, 0.15) is 71.1 Å². The molecule has 0 amide bonds. The maximum atomic E-state index is 12.4. The number of aliphatic hydroxyl groups is 3. The molecular weight excluding hydrogens is 316 g/mol. The van der Waals surface area contributed by atoms with E-state index in [1.165, 1.54) is 6.42 Å². The molecule has 0 radical (unpaired) electrons. The minimum absolute atomic E-state index is 0.0579. The van der Waals surface area contributed by atoms with Crippen molar-refractivity contribution in [2.45, 2.75) is 88.9 Å². The average Bonchev–Trinajstić information content (AvgIpc) is 2.64. The van der Waals surface area contributed by atoms with Crippen molar-refractivity contribution in [2.75, 3.05) is 0 Å². The summed E-state index contributed by atoms with van der Waals surface area (Å²) in [7, 11) is 0. The van der Waals surface area contributed by atoms with Gasteiger partial charge in [-0.3, -0.25) is 4.79 Å². The van der Waals surface area contributed by atoms with Gasteiger partial charge in [-0.2, -0.15) is 0 Å². The Morgan fingerprint density at radius 2 is 1.96 bits per heavy atom. The van der Waals surface area contributed by atoms with E-state index >= 15 is 0 Å². The first-order valence-corrected chi connectivity index (χ1v) is 10.1. The van der Waals surface area contributed by atoms with Crippen molar-refractivity contribution in [3.63, 3.8) is 0 Å². The largest absolute Gasteiger partial charge is 0.392 e. The fourth-order valence-corrected chi connectivity index (χ4v) is 5.18. The number of hydrogen-bond donors (Lipinski definition) is 3. The van der Waals surface area contributed by atoms with Crippen LogP contribution < -0.4 is 0 Å². The molecule has 0 bridgehead atoms. The van der Waals surface area contributed by atoms with E-state index in [2.05, 4.69) is 18.8 Å². The molecule has 0 saturated heterocycles. The molecule has 0 aromatic carbocycles. The van der Waals surface area contributed by atoms with E-state index in [9.17, 15) is 20.1 Å². The lowest BCUT2D eigenvalue weighted by Crippen LogP contribution is -2.69. The number of carbonyl (C=O) groups is 1. The Morgan fingerprint density at radius 1 is 1.24 bits per heavy atom. The van der Waals surface area contributed by atoms with Crippen molar-refractivity contribution >= 4 is 5.78 Å². The summed E-state index contributed by atoms with van der Waals surface area (Å²) in [5, 5.41) is 31.6. The van der Waals surface area contributed by atoms with E-state index < -0.39 is 23.7 Å². The molecule has 1 unspecified atom stereocenters. The van der Waals surface area contributed by atoms with E-state index in [1.807, 2.05) is 0 Å². The van der Waals surface area contributed by atoms with Gasteiger partial charge in [0, 0.05) is 11.8 Å². The lowest BCUT2D eigenvalue weighted by molar-refractivity contribution is -0.199. The molecule has 0 aromatic heterocycles. The highest BCUT2D eigenvalue weighted by Crippen LogP contribution is 2.54. The molecule has 3 N–H and O–H groups in total. The van der Waals surface area contributed by atoms with E-state index in [-0.39, 0.29) is 23.5 Å². The van der Waals surface area contributed by atoms with Crippen LogP contribution >= 0.6 is 0 Å². The Hall–Kier alpha value is -0.890. The van der Waals surface area contributed by atoms with Gasteiger partial charge in [0.15, 0.2) is 5.78 Å². The summed E-state index contributed by atoms with van der Waals surface area (Å²) in [6, 6.07) is 0. The molecule has 140 valence electrons. The third-order valence-electron chi connectivity index (χ3n) is 6.73. The van der Waals surface area contributed by atoms with Gasteiger partial charge in [-0.25, -0.2) is 0 Å². The molecule has 3 saturated carbocycles. The summed E-state index contributed by atoms with van der Waals surface area (Å²) in [5.41, 5.74) is -1.30. The van der Waals surface area contributed by atoms with Crippen molar-refractivity contribution in [3.8, 4) is 11.8 Å². The van der Waals surface area contributed by atoms with Gasteiger partial charge in [-0.15, -0.1) is 0 Å². The van der Waals surface area contributed by atoms with E-state index in [4.69, 9.17) is 0 Å². The highest BCUT2D eigenvalue weighted by Gasteiger charge is 2.65. The molecule has 3 aliphatic rings. The van der Waals surface area contributed by atoms with Gasteiger partial charge in [0.2, 0.25) is 0 Å². The molecule has 0 heterocycles. The molecule has 0 spiro atoms. The second-order valence-electron chi connectivity index (χ2n) is 8.33. The molecular formula is C21H32O4. The maximum Gasteiger partial charge on any atom is 0.168 e. The van der Waals surface area contributed by atoms with Gasteiger partial charge in [-0.05, 0) is 38.0 Å². The summed E-state index contributed by atoms with van der Waals surface area (Å²) in [6.07, 6.45) is 7.71. The predicted molar refractivity (Wildman–Crippen MR) is 95.6 cm³/mol. The van der Waals surface area contributed by atoms with Crippen molar-refractivity contribution in [1.82, 2.24) is 0 Å². The van der Waals surface area contributed by atoms with E-state index in [0.717, 1.165) is 44.9 Å². The van der Waals surface area contributed by atoms with Crippen LogP contribution in [0, 0.1) is 35.5 Å². The summed E-state index contributed by atoms with van der Waals surface area (Å²) in [6.45, 7) is 2.09. The normalized spacial score (nSPS) is 39.8. The maximum absolute atomic E-state index is 12.4. The van der Waals surface area contributed by atoms with Crippen LogP contribution in [0.15, 0.2) is 0 Å². The van der Waals surface area contributed by atoms with Crippen LogP contribution in [0.3, 0.4) is 0 Å². The Kier molecular flexibility index (Phi) is 5.88. The molecule has 0 aromatic rings. The number of rotatable bonds is 4. The zero-order chi connectivity index (χ0) is 18.0. The minimum atomic E-state index is -1.30. The topological polar surface area (TPSA) is 77.8 Å². The molecule has 0 aliphatic heterocycles. The zero-order valence-corrected chi connectivity index (χ0v) is 15.3. The number of unbranched alkanes of at least 4 members (excludes halogenated alkanes) is 1. The van der Waals surface area contributed by atoms with Crippen LogP contribution in [0.5, 0.6) is 0 Å². The number of Topliss-reactive ketones (excluding diaryl/α,β-unsaturated/α-hetero) is 1. The van der Waals surface area contributed by atoms with Crippen LogP contribution in [-0.4, -0.2) is 38.9 Å². The van der Waals surface area contributed by atoms with Crippen molar-refractivity contribution in [3.05, 3.63) is 0 Å². The monoisotopic (exact) mass is 348 g/mol. The Labute approximate surface area is 151 Å². The van der Waals surface area contributed by atoms with Gasteiger partial charge in [0.1, 0.15) is 11.7 Å². The fourth-order valence-electron chi connectivity index (χ4n) is 5.18. The Balaban J connectivity index is 1.74. The Bertz CT molecular complexity index is 542. The molecule has 25 heavy (non-hydrogen) atoms. The van der Waals surface area contributed by atoms with Crippen LogP contribution in [0.25, 0.3) is 0 Å². The third-order valence-corrected chi connectivity index (χ3v) is 6.73. The van der Waals surface area contributed by atoms with E-state index in [0.29, 0.717) is 12.8 Å². The molecule has 3 rings (SSSR count). The summed E-state index contributed by atoms with van der Waals surface area (Å²) >= 11 is 0. The van der Waals surface area contributed by atoms with Gasteiger partial charge in [0.05, 0.1) is 12.0 Å². The summed E-state index contributed by atoms with van der Waals surface area (Å²) in [4.78, 5) is 12.4. The van der Waals surface area contributed by atoms with E-state index in [1.54, 1.807) is 0 Å². The zero-order valence-electron chi connectivity index (χ0n) is 15.3. The molecule has 4 nitrogen and oxygen atoms in total. The van der Waals surface area contributed by atoms with Gasteiger partial charge in [-0.1, -0.05) is 50.9 Å². The second kappa shape index (κ2) is 7.78. The number of fused-ring (bicyclic) bond motifs is 1. The van der Waals surface area contributed by atoms with Crippen LogP contribution in [0.2, 0.25) is 0 Å². The molecule has 4 heteroatoms. The number of ketones is 1. The van der Waals surface area contributed by atoms with Crippen molar-refractivity contribution in [2.24, 2.45) is 23.7 Å². The van der Waals surface area contributed by atoms with Gasteiger partial charge < -0.3 is 15.3 Å². The first-order chi connectivity index (χ1) is 12.0. The van der Waals surface area contributed by atoms with Crippen LogP contribution in [0.4, 0.5) is 0 Å². The molecule has 3 fully saturated rings. The van der Waals surface area contributed by atoms with Crippen molar-refractivity contribution < 1.29 is 20.1 Å². The van der Waals surface area contributed by atoms with Gasteiger partial charge >= 0.3 is 0 Å². The van der Waals surface area contributed by atoms with Gasteiger partial charge in [0.25, 0.3) is 0 Å². The molecule has 6 atom stereocenters. The smallest absolute Gasteiger partial charge is 0.168 e. The number of carbonyl (C=O) groups excluding carboxylic acids is 1. The average molecular weight is 348 g/mol. The minimum Gasteiger partial charge on any atom is -0.392 e. The molecule has 3 aliphatic carbocycles. The van der Waals surface area contributed by atoms with Crippen LogP contribution in [-0.2, 0) is 4.79 Å². The summed E-state index contributed by atoms with van der Waals surface area (Å²) in [5.74, 6) is 5.35. The SMILES string of the molecule is CCCCC1C(=O)[C@]2(O)CC[C@H](O)[C@@H](C#C[C@@H](O)C3CCCCC3)[C@H]12. The lowest BCUT2D eigenvalue weighted by Gasteiger charge is -2.56. The second-order valence-corrected chi connectivity index (χ2v) is 8.33. The standard InChI is InChI=1S/C21H32O4/c1-2-3-9-16-19-15(18(23)12-13-21(19,25)20(16)24)10-11-17(22)14-7-5-4-6-8-14/h14-19,22-23,25H,2-9,12-13H2,1H3/t15-,16?,17-,18+,19-,21+/m1/s1. The Morgan fingerprint density at radius 3 is 2.64 bits per heavy atom. The number of aliphatic hydroxyl groups excluding tert-OH is 2. The number of hydrogen-bond acceptors (Lipinski definition) is 4. The quantitative estimate of drug-likeness (QED) is 0.682. The highest BCUT2D eigenvalue weighted by atomic mass is 16.3. The first-order valence-electron chi connectivity index (χ1n) is 10.1. The highest BCUT2D eigenvalue weighted by molar-refractivity contribution is 5.96. The predicted octanol–water partition coefficient (Wildman–Crippen LogP) is 2.44. The third kappa shape index (κ3) is 3.52. The summed E-state index contributed by atoms with van der Waals surface area (Å²) < 4.78 is 0.